The molecule has 0 N–H and O–H groups in total. The van der Waals surface area contributed by atoms with Gasteiger partial charge < -0.3 is 14.4 Å². The maximum atomic E-state index is 12.9. The molecule has 1 amide bonds. The highest BCUT2D eigenvalue weighted by atomic mass is 32.2. The molecule has 140 valence electrons. The quantitative estimate of drug-likeness (QED) is 0.630. The third-order valence-electron chi connectivity index (χ3n) is 5.23. The minimum absolute atomic E-state index is 0.00395. The van der Waals surface area contributed by atoms with E-state index in [1.807, 2.05) is 9.47 Å². The number of aromatic nitrogens is 4. The standard InChI is InChI=1S/C18H20N6OS2/c1-26-12-4-2-5-13-15(12)19-18(27-13)23-10-8-22(9-11-23)17(25)16-21-20-14-6-3-7-24(14)16/h2,4-5H,3,6-11H2,1H3. The lowest BCUT2D eigenvalue weighted by Crippen LogP contribution is -2.49. The number of piperazine rings is 1. The number of fused-ring (bicyclic) bond motifs is 2. The lowest BCUT2D eigenvalue weighted by molar-refractivity contribution is 0.0729. The van der Waals surface area contributed by atoms with Gasteiger partial charge in [0.1, 0.15) is 5.82 Å². The maximum Gasteiger partial charge on any atom is 0.291 e. The summed E-state index contributed by atoms with van der Waals surface area (Å²) in [5.41, 5.74) is 1.09. The van der Waals surface area contributed by atoms with Gasteiger partial charge in [0.25, 0.3) is 5.91 Å². The van der Waals surface area contributed by atoms with Crippen molar-refractivity contribution in [2.24, 2.45) is 0 Å². The first-order valence-electron chi connectivity index (χ1n) is 9.14. The molecule has 27 heavy (non-hydrogen) atoms. The van der Waals surface area contributed by atoms with E-state index in [9.17, 15) is 4.79 Å². The Kier molecular flexibility index (Phi) is 4.28. The Morgan fingerprint density at radius 1 is 1.15 bits per heavy atom. The fraction of sp³-hybridized carbons (Fsp3) is 0.444. The maximum absolute atomic E-state index is 12.9. The molecule has 2 aliphatic rings. The number of para-hydroxylation sites is 1. The highest BCUT2D eigenvalue weighted by Gasteiger charge is 2.29. The number of aryl methyl sites for hydroxylation is 1. The minimum atomic E-state index is 0.00395. The summed E-state index contributed by atoms with van der Waals surface area (Å²) < 4.78 is 3.20. The van der Waals surface area contributed by atoms with Gasteiger partial charge in [0.2, 0.25) is 5.82 Å². The van der Waals surface area contributed by atoms with Gasteiger partial charge >= 0.3 is 0 Å². The Hall–Kier alpha value is -2.13. The second-order valence-corrected chi connectivity index (χ2v) is 8.63. The monoisotopic (exact) mass is 400 g/mol. The average Bonchev–Trinajstić information content (AvgIpc) is 3.42. The predicted octanol–water partition coefficient (Wildman–Crippen LogP) is 2.52. The van der Waals surface area contributed by atoms with Crippen molar-refractivity contribution in [2.45, 2.75) is 24.3 Å². The first kappa shape index (κ1) is 17.0. The summed E-state index contributed by atoms with van der Waals surface area (Å²) in [4.78, 5) is 23.1. The topological polar surface area (TPSA) is 67.2 Å². The predicted molar refractivity (Wildman–Crippen MR) is 108 cm³/mol. The van der Waals surface area contributed by atoms with Gasteiger partial charge in [-0.15, -0.1) is 22.0 Å². The van der Waals surface area contributed by atoms with Crippen molar-refractivity contribution in [3.63, 3.8) is 0 Å². The van der Waals surface area contributed by atoms with Crippen LogP contribution in [0, 0.1) is 0 Å². The van der Waals surface area contributed by atoms with E-state index < -0.39 is 0 Å². The van der Waals surface area contributed by atoms with Crippen LogP contribution in [0.4, 0.5) is 5.13 Å². The number of amides is 1. The second-order valence-electron chi connectivity index (χ2n) is 6.78. The molecule has 1 saturated heterocycles. The molecular formula is C18H20N6OS2. The van der Waals surface area contributed by atoms with Gasteiger partial charge in [-0.2, -0.15) is 0 Å². The SMILES string of the molecule is CSc1cccc2sc(N3CCN(C(=O)c4nnc5n4CCC5)CC3)nc12. The summed E-state index contributed by atoms with van der Waals surface area (Å²) in [6, 6.07) is 6.33. The van der Waals surface area contributed by atoms with Gasteiger partial charge in [-0.05, 0) is 24.8 Å². The zero-order valence-corrected chi connectivity index (χ0v) is 16.7. The van der Waals surface area contributed by atoms with Crippen LogP contribution in [0.25, 0.3) is 10.2 Å². The first-order valence-corrected chi connectivity index (χ1v) is 11.2. The molecule has 7 nitrogen and oxygen atoms in total. The van der Waals surface area contributed by atoms with Crippen molar-refractivity contribution in [3.8, 4) is 0 Å². The van der Waals surface area contributed by atoms with Gasteiger partial charge in [-0.1, -0.05) is 17.4 Å². The Morgan fingerprint density at radius 3 is 2.81 bits per heavy atom. The highest BCUT2D eigenvalue weighted by Crippen LogP contribution is 2.34. The summed E-state index contributed by atoms with van der Waals surface area (Å²) in [5, 5.41) is 9.34. The van der Waals surface area contributed by atoms with Gasteiger partial charge in [0, 0.05) is 44.0 Å². The van der Waals surface area contributed by atoms with E-state index >= 15 is 0 Å². The van der Waals surface area contributed by atoms with E-state index in [-0.39, 0.29) is 5.91 Å². The molecule has 2 aliphatic heterocycles. The molecule has 9 heteroatoms. The van der Waals surface area contributed by atoms with Crippen LogP contribution in [0.15, 0.2) is 23.1 Å². The molecule has 1 fully saturated rings. The summed E-state index contributed by atoms with van der Waals surface area (Å²) in [5.74, 6) is 1.45. The lowest BCUT2D eigenvalue weighted by Gasteiger charge is -2.34. The van der Waals surface area contributed by atoms with Crippen LogP contribution in [-0.4, -0.2) is 63.0 Å². The van der Waals surface area contributed by atoms with Crippen LogP contribution >= 0.6 is 23.1 Å². The normalized spacial score (nSPS) is 16.9. The van der Waals surface area contributed by atoms with E-state index in [1.165, 1.54) is 9.60 Å². The van der Waals surface area contributed by atoms with Crippen molar-refractivity contribution in [3.05, 3.63) is 29.8 Å². The van der Waals surface area contributed by atoms with Crippen molar-refractivity contribution in [2.75, 3.05) is 37.3 Å². The smallest absolute Gasteiger partial charge is 0.291 e. The number of anilines is 1. The van der Waals surface area contributed by atoms with E-state index in [0.29, 0.717) is 18.9 Å². The van der Waals surface area contributed by atoms with Crippen LogP contribution in [0.1, 0.15) is 22.9 Å². The Balaban J connectivity index is 1.31. The van der Waals surface area contributed by atoms with E-state index in [4.69, 9.17) is 4.98 Å². The Bertz CT molecular complexity index is 1000. The molecule has 0 radical (unpaired) electrons. The van der Waals surface area contributed by atoms with E-state index in [1.54, 1.807) is 23.1 Å². The third kappa shape index (κ3) is 2.89. The molecule has 2 aromatic heterocycles. The highest BCUT2D eigenvalue weighted by molar-refractivity contribution is 7.98. The van der Waals surface area contributed by atoms with Crippen LogP contribution in [0.3, 0.4) is 0 Å². The van der Waals surface area contributed by atoms with E-state index in [2.05, 4.69) is 39.6 Å². The van der Waals surface area contributed by atoms with Gasteiger partial charge in [0.15, 0.2) is 5.13 Å². The number of rotatable bonds is 3. The Labute approximate surface area is 165 Å². The lowest BCUT2D eigenvalue weighted by atomic mass is 10.3. The number of hydrogen-bond acceptors (Lipinski definition) is 7. The van der Waals surface area contributed by atoms with Crippen LogP contribution in [-0.2, 0) is 13.0 Å². The van der Waals surface area contributed by atoms with Crippen molar-refractivity contribution >= 4 is 44.4 Å². The fourth-order valence-corrected chi connectivity index (χ4v) is 5.43. The van der Waals surface area contributed by atoms with E-state index in [0.717, 1.165) is 48.9 Å². The van der Waals surface area contributed by atoms with Crippen molar-refractivity contribution < 1.29 is 4.79 Å². The van der Waals surface area contributed by atoms with Gasteiger partial charge in [-0.3, -0.25) is 4.79 Å². The first-order chi connectivity index (χ1) is 13.2. The molecule has 1 aromatic carbocycles. The summed E-state index contributed by atoms with van der Waals surface area (Å²) in [6.45, 7) is 3.81. The molecule has 0 aliphatic carbocycles. The number of benzene rings is 1. The van der Waals surface area contributed by atoms with Gasteiger partial charge in [0.05, 0.1) is 10.2 Å². The summed E-state index contributed by atoms with van der Waals surface area (Å²) in [7, 11) is 0. The number of thiazole rings is 1. The molecule has 0 atom stereocenters. The second kappa shape index (κ2) is 6.79. The molecule has 0 unspecified atom stereocenters. The number of carbonyl (C=O) groups excluding carboxylic acids is 1. The molecule has 0 spiro atoms. The Morgan fingerprint density at radius 2 is 2.00 bits per heavy atom. The van der Waals surface area contributed by atoms with Crippen molar-refractivity contribution in [1.29, 1.82) is 0 Å². The molecule has 0 saturated carbocycles. The van der Waals surface area contributed by atoms with Crippen LogP contribution in [0.5, 0.6) is 0 Å². The number of hydrogen-bond donors (Lipinski definition) is 0. The summed E-state index contributed by atoms with van der Waals surface area (Å²) in [6.07, 6.45) is 4.05. The molecule has 3 aromatic rings. The molecule has 0 bridgehead atoms. The number of nitrogens with zero attached hydrogens (tertiary/aromatic N) is 6. The largest absolute Gasteiger partial charge is 0.345 e. The van der Waals surface area contributed by atoms with Crippen molar-refractivity contribution in [1.82, 2.24) is 24.6 Å². The molecule has 4 heterocycles. The van der Waals surface area contributed by atoms with Gasteiger partial charge in [-0.25, -0.2) is 4.98 Å². The number of carbonyl (C=O) groups is 1. The minimum Gasteiger partial charge on any atom is -0.345 e. The zero-order valence-electron chi connectivity index (χ0n) is 15.1. The fourth-order valence-electron chi connectivity index (χ4n) is 3.76. The summed E-state index contributed by atoms with van der Waals surface area (Å²) >= 11 is 3.46. The third-order valence-corrected chi connectivity index (χ3v) is 7.08. The molecular weight excluding hydrogens is 380 g/mol. The van der Waals surface area contributed by atoms with Crippen LogP contribution in [0.2, 0.25) is 0 Å². The average molecular weight is 401 g/mol. The molecule has 5 rings (SSSR count). The zero-order chi connectivity index (χ0) is 18.4. The van der Waals surface area contributed by atoms with Crippen LogP contribution < -0.4 is 4.90 Å². The number of thioether (sulfide) groups is 1.